The highest BCUT2D eigenvalue weighted by Gasteiger charge is 2.19. The zero-order valence-corrected chi connectivity index (χ0v) is 12.0. The summed E-state index contributed by atoms with van der Waals surface area (Å²) in [6, 6.07) is 2.34. The lowest BCUT2D eigenvalue weighted by Crippen LogP contribution is -2.29. The first kappa shape index (κ1) is 14.1. The van der Waals surface area contributed by atoms with Crippen molar-refractivity contribution in [1.29, 1.82) is 0 Å². The molecule has 1 heterocycles. The predicted molar refractivity (Wildman–Crippen MR) is 77.3 cm³/mol. The quantitative estimate of drug-likeness (QED) is 0.782. The highest BCUT2D eigenvalue weighted by atomic mass is 16.3. The third kappa shape index (κ3) is 4.67. The van der Waals surface area contributed by atoms with Gasteiger partial charge in [0.15, 0.2) is 0 Å². The summed E-state index contributed by atoms with van der Waals surface area (Å²) in [5.74, 6) is 1.68. The minimum Gasteiger partial charge on any atom is -0.393 e. The SMILES string of the molecule is CC(C)(C)Nc1cc(NC2CCC(O)CC2)ncn1. The van der Waals surface area contributed by atoms with E-state index in [9.17, 15) is 5.11 Å². The molecular weight excluding hydrogens is 240 g/mol. The van der Waals surface area contributed by atoms with Crippen LogP contribution in [0.2, 0.25) is 0 Å². The van der Waals surface area contributed by atoms with Crippen molar-refractivity contribution >= 4 is 11.6 Å². The summed E-state index contributed by atoms with van der Waals surface area (Å²) < 4.78 is 0. The van der Waals surface area contributed by atoms with E-state index in [0.29, 0.717) is 6.04 Å². The van der Waals surface area contributed by atoms with E-state index < -0.39 is 0 Å². The van der Waals surface area contributed by atoms with Crippen molar-refractivity contribution in [3.05, 3.63) is 12.4 Å². The van der Waals surface area contributed by atoms with E-state index in [1.165, 1.54) is 0 Å². The fraction of sp³-hybridized carbons (Fsp3) is 0.714. The summed E-state index contributed by atoms with van der Waals surface area (Å²) in [6.07, 6.45) is 5.18. The molecule has 1 aliphatic rings. The Balaban J connectivity index is 1.95. The molecule has 3 N–H and O–H groups in total. The molecule has 0 spiro atoms. The Labute approximate surface area is 114 Å². The zero-order valence-electron chi connectivity index (χ0n) is 12.0. The number of hydrogen-bond acceptors (Lipinski definition) is 5. The molecule has 1 saturated carbocycles. The molecule has 0 saturated heterocycles. The Hall–Kier alpha value is -1.36. The molecule has 2 rings (SSSR count). The van der Waals surface area contributed by atoms with Crippen molar-refractivity contribution in [3.63, 3.8) is 0 Å². The van der Waals surface area contributed by atoms with Crippen LogP contribution < -0.4 is 10.6 Å². The number of aliphatic hydroxyl groups excluding tert-OH is 1. The first-order valence-electron chi connectivity index (χ1n) is 6.97. The molecule has 1 aliphatic carbocycles. The highest BCUT2D eigenvalue weighted by molar-refractivity contribution is 5.48. The molecular formula is C14H24N4O. The van der Waals surface area contributed by atoms with Crippen molar-refractivity contribution in [2.75, 3.05) is 10.6 Å². The minimum absolute atomic E-state index is 0.0133. The van der Waals surface area contributed by atoms with Gasteiger partial charge in [-0.3, -0.25) is 0 Å². The van der Waals surface area contributed by atoms with Gasteiger partial charge in [0, 0.05) is 17.6 Å². The molecule has 19 heavy (non-hydrogen) atoms. The normalized spacial score (nSPS) is 24.0. The van der Waals surface area contributed by atoms with Crippen molar-refractivity contribution < 1.29 is 5.11 Å². The van der Waals surface area contributed by atoms with Crippen LogP contribution in [0.5, 0.6) is 0 Å². The van der Waals surface area contributed by atoms with Gasteiger partial charge >= 0.3 is 0 Å². The molecule has 5 heteroatoms. The number of nitrogens with zero attached hydrogens (tertiary/aromatic N) is 2. The van der Waals surface area contributed by atoms with Gasteiger partial charge in [0.2, 0.25) is 0 Å². The summed E-state index contributed by atoms with van der Waals surface area (Å²) in [7, 11) is 0. The summed E-state index contributed by atoms with van der Waals surface area (Å²) >= 11 is 0. The average molecular weight is 264 g/mol. The Morgan fingerprint density at radius 3 is 2.37 bits per heavy atom. The fourth-order valence-electron chi connectivity index (χ4n) is 2.32. The molecule has 0 unspecified atom stereocenters. The maximum absolute atomic E-state index is 9.50. The molecule has 1 aromatic rings. The molecule has 1 fully saturated rings. The van der Waals surface area contributed by atoms with E-state index in [1.807, 2.05) is 6.07 Å². The smallest absolute Gasteiger partial charge is 0.131 e. The molecule has 0 radical (unpaired) electrons. The highest BCUT2D eigenvalue weighted by Crippen LogP contribution is 2.22. The van der Waals surface area contributed by atoms with Crippen LogP contribution in [-0.4, -0.2) is 32.8 Å². The summed E-state index contributed by atoms with van der Waals surface area (Å²) in [5.41, 5.74) is -0.0133. The van der Waals surface area contributed by atoms with Crippen LogP contribution >= 0.6 is 0 Å². The molecule has 0 aromatic carbocycles. The van der Waals surface area contributed by atoms with Gasteiger partial charge in [-0.2, -0.15) is 0 Å². The van der Waals surface area contributed by atoms with Crippen molar-refractivity contribution in [2.45, 2.75) is 64.1 Å². The van der Waals surface area contributed by atoms with E-state index in [2.05, 4.69) is 41.4 Å². The van der Waals surface area contributed by atoms with Gasteiger partial charge < -0.3 is 15.7 Å². The van der Waals surface area contributed by atoms with Gasteiger partial charge in [0.05, 0.1) is 6.10 Å². The molecule has 1 aromatic heterocycles. The first-order chi connectivity index (χ1) is 8.92. The lowest BCUT2D eigenvalue weighted by atomic mass is 9.93. The van der Waals surface area contributed by atoms with Crippen LogP contribution in [0.15, 0.2) is 12.4 Å². The molecule has 5 nitrogen and oxygen atoms in total. The molecule has 0 bridgehead atoms. The van der Waals surface area contributed by atoms with Gasteiger partial charge in [-0.25, -0.2) is 9.97 Å². The topological polar surface area (TPSA) is 70.1 Å². The van der Waals surface area contributed by atoms with E-state index in [0.717, 1.165) is 37.3 Å². The number of anilines is 2. The Bertz CT molecular complexity index is 408. The zero-order chi connectivity index (χ0) is 13.9. The Kier molecular flexibility index (Phi) is 4.24. The van der Waals surface area contributed by atoms with Gasteiger partial charge in [-0.05, 0) is 46.5 Å². The minimum atomic E-state index is -0.124. The van der Waals surface area contributed by atoms with Gasteiger partial charge in [0.1, 0.15) is 18.0 Å². The van der Waals surface area contributed by atoms with Gasteiger partial charge in [-0.15, -0.1) is 0 Å². The second-order valence-corrected chi connectivity index (χ2v) is 6.31. The number of rotatable bonds is 3. The third-order valence-electron chi connectivity index (χ3n) is 3.22. The second kappa shape index (κ2) is 5.74. The summed E-state index contributed by atoms with van der Waals surface area (Å²) in [5, 5.41) is 16.3. The molecule has 0 aliphatic heterocycles. The maximum atomic E-state index is 9.50. The van der Waals surface area contributed by atoms with Crippen LogP contribution in [0.3, 0.4) is 0 Å². The van der Waals surface area contributed by atoms with Crippen molar-refractivity contribution in [2.24, 2.45) is 0 Å². The standard InChI is InChI=1S/C14H24N4O/c1-14(2,3)18-13-8-12(15-9-16-13)17-10-4-6-11(19)7-5-10/h8-11,19H,4-7H2,1-3H3,(H2,15,16,17,18). The van der Waals surface area contributed by atoms with Crippen molar-refractivity contribution in [1.82, 2.24) is 9.97 Å². The molecule has 0 atom stereocenters. The molecule has 0 amide bonds. The average Bonchev–Trinajstić information content (AvgIpc) is 2.30. The fourth-order valence-corrected chi connectivity index (χ4v) is 2.32. The van der Waals surface area contributed by atoms with Crippen LogP contribution in [-0.2, 0) is 0 Å². The number of aromatic nitrogens is 2. The van der Waals surface area contributed by atoms with E-state index >= 15 is 0 Å². The lowest BCUT2D eigenvalue weighted by Gasteiger charge is -2.27. The summed E-state index contributed by atoms with van der Waals surface area (Å²) in [4.78, 5) is 8.49. The number of hydrogen-bond donors (Lipinski definition) is 3. The summed E-state index contributed by atoms with van der Waals surface area (Å²) in [6.45, 7) is 6.31. The first-order valence-corrected chi connectivity index (χ1v) is 6.97. The Morgan fingerprint density at radius 1 is 1.11 bits per heavy atom. The third-order valence-corrected chi connectivity index (χ3v) is 3.22. The second-order valence-electron chi connectivity index (χ2n) is 6.31. The van der Waals surface area contributed by atoms with Gasteiger partial charge in [-0.1, -0.05) is 0 Å². The van der Waals surface area contributed by atoms with Crippen LogP contribution in [0.25, 0.3) is 0 Å². The maximum Gasteiger partial charge on any atom is 0.131 e. The van der Waals surface area contributed by atoms with Crippen molar-refractivity contribution in [3.8, 4) is 0 Å². The Morgan fingerprint density at radius 2 is 1.74 bits per heavy atom. The van der Waals surface area contributed by atoms with E-state index in [1.54, 1.807) is 6.33 Å². The van der Waals surface area contributed by atoms with Crippen LogP contribution in [0, 0.1) is 0 Å². The monoisotopic (exact) mass is 264 g/mol. The van der Waals surface area contributed by atoms with Gasteiger partial charge in [0.25, 0.3) is 0 Å². The molecule has 106 valence electrons. The number of aliphatic hydroxyl groups is 1. The van der Waals surface area contributed by atoms with Crippen LogP contribution in [0.4, 0.5) is 11.6 Å². The number of nitrogens with one attached hydrogen (secondary N) is 2. The lowest BCUT2D eigenvalue weighted by molar-refractivity contribution is 0.126. The predicted octanol–water partition coefficient (Wildman–Crippen LogP) is 2.40. The largest absolute Gasteiger partial charge is 0.393 e. The van der Waals surface area contributed by atoms with E-state index in [4.69, 9.17) is 0 Å². The van der Waals surface area contributed by atoms with Crippen LogP contribution in [0.1, 0.15) is 46.5 Å². The van der Waals surface area contributed by atoms with E-state index in [-0.39, 0.29) is 11.6 Å².